The van der Waals surface area contributed by atoms with Crippen LogP contribution < -0.4 is 15.6 Å². The molecule has 0 aliphatic heterocycles. The Morgan fingerprint density at radius 3 is 2.73 bits per heavy atom. The van der Waals surface area contributed by atoms with Crippen LogP contribution in [0.1, 0.15) is 0 Å². The minimum Gasteiger partial charge on any atom is -0.483 e. The monoisotopic (exact) mass is 353 g/mol. The molecular formula is C18H15N3O5. The number of anilines is 1. The minimum atomic E-state index is -0.539. The summed E-state index contributed by atoms with van der Waals surface area (Å²) in [5.74, 6) is -0.0549. The van der Waals surface area contributed by atoms with Crippen LogP contribution in [0.15, 0.2) is 59.5 Å². The van der Waals surface area contributed by atoms with Gasteiger partial charge >= 0.3 is 0 Å². The van der Waals surface area contributed by atoms with Gasteiger partial charge in [0.15, 0.2) is 6.61 Å². The Labute approximate surface area is 147 Å². The van der Waals surface area contributed by atoms with Gasteiger partial charge in [-0.25, -0.2) is 0 Å². The number of ether oxygens (including phenoxy) is 1. The molecule has 132 valence electrons. The van der Waals surface area contributed by atoms with Gasteiger partial charge in [0.25, 0.3) is 17.2 Å². The molecule has 3 rings (SSSR count). The molecule has 8 heteroatoms. The minimum absolute atomic E-state index is 0.117. The maximum absolute atomic E-state index is 12.1. The molecule has 0 spiro atoms. The van der Waals surface area contributed by atoms with Crippen LogP contribution in [0, 0.1) is 10.1 Å². The number of aryl methyl sites for hydroxylation is 1. The van der Waals surface area contributed by atoms with E-state index >= 15 is 0 Å². The fourth-order valence-corrected chi connectivity index (χ4v) is 2.51. The zero-order valence-corrected chi connectivity index (χ0v) is 13.8. The van der Waals surface area contributed by atoms with Gasteiger partial charge in [0, 0.05) is 36.5 Å². The number of carbonyl (C=O) groups is 1. The third kappa shape index (κ3) is 3.54. The smallest absolute Gasteiger partial charge is 0.271 e. The summed E-state index contributed by atoms with van der Waals surface area (Å²) in [5, 5.41) is 14.4. The molecule has 2 aromatic carbocycles. The highest BCUT2D eigenvalue weighted by atomic mass is 16.6. The van der Waals surface area contributed by atoms with E-state index in [1.54, 1.807) is 43.6 Å². The number of nitrogens with one attached hydrogen (secondary N) is 1. The lowest BCUT2D eigenvalue weighted by atomic mass is 10.1. The summed E-state index contributed by atoms with van der Waals surface area (Å²) in [6.07, 6.45) is 1.63. The van der Waals surface area contributed by atoms with Crippen LogP contribution >= 0.6 is 0 Å². The Hall–Kier alpha value is -3.68. The molecule has 0 aliphatic rings. The predicted octanol–water partition coefficient (Wildman–Crippen LogP) is 2.46. The van der Waals surface area contributed by atoms with Gasteiger partial charge in [0.05, 0.1) is 10.3 Å². The Balaban J connectivity index is 1.73. The van der Waals surface area contributed by atoms with E-state index in [-0.39, 0.29) is 17.9 Å². The van der Waals surface area contributed by atoms with Crippen molar-refractivity contribution >= 4 is 28.1 Å². The van der Waals surface area contributed by atoms with E-state index in [2.05, 4.69) is 5.32 Å². The molecular weight excluding hydrogens is 338 g/mol. The fraction of sp³-hybridized carbons (Fsp3) is 0.111. The highest BCUT2D eigenvalue weighted by Crippen LogP contribution is 2.23. The first kappa shape index (κ1) is 17.2. The van der Waals surface area contributed by atoms with Crippen LogP contribution in [0.4, 0.5) is 11.4 Å². The number of aromatic nitrogens is 1. The summed E-state index contributed by atoms with van der Waals surface area (Å²) < 4.78 is 6.99. The Morgan fingerprint density at radius 2 is 1.96 bits per heavy atom. The third-order valence-electron chi connectivity index (χ3n) is 3.78. The summed E-state index contributed by atoms with van der Waals surface area (Å²) >= 11 is 0. The molecule has 0 fully saturated rings. The quantitative estimate of drug-likeness (QED) is 0.560. The Kier molecular flexibility index (Phi) is 4.66. The molecule has 1 N–H and O–H groups in total. The second-order valence-corrected chi connectivity index (χ2v) is 5.59. The number of hydrogen-bond donors (Lipinski definition) is 1. The van der Waals surface area contributed by atoms with Crippen molar-refractivity contribution in [2.75, 3.05) is 11.9 Å². The average Bonchev–Trinajstić information content (AvgIpc) is 2.63. The van der Waals surface area contributed by atoms with E-state index < -0.39 is 10.8 Å². The maximum atomic E-state index is 12.1. The van der Waals surface area contributed by atoms with Crippen LogP contribution in [-0.4, -0.2) is 22.0 Å². The third-order valence-corrected chi connectivity index (χ3v) is 3.78. The first-order valence-electron chi connectivity index (χ1n) is 7.71. The number of benzene rings is 2. The lowest BCUT2D eigenvalue weighted by molar-refractivity contribution is -0.384. The standard InChI is InChI=1S/C18H15N3O5/c1-20-9-8-14-15(18(20)23)6-3-7-16(14)26-11-17(22)19-12-4-2-5-13(10-12)21(24)25/h2-10H,11H2,1H3,(H,19,22). The van der Waals surface area contributed by atoms with Crippen LogP contribution in [0.3, 0.4) is 0 Å². The largest absolute Gasteiger partial charge is 0.483 e. The number of fused-ring (bicyclic) bond motifs is 1. The number of hydrogen-bond acceptors (Lipinski definition) is 5. The van der Waals surface area contributed by atoms with E-state index in [1.165, 1.54) is 22.8 Å². The van der Waals surface area contributed by atoms with Crippen LogP contribution in [0.2, 0.25) is 0 Å². The second kappa shape index (κ2) is 7.06. The Bertz CT molecular complexity index is 1060. The van der Waals surface area contributed by atoms with Crippen LogP contribution in [0.5, 0.6) is 5.75 Å². The summed E-state index contributed by atoms with van der Waals surface area (Å²) in [5.41, 5.74) is 0.0298. The maximum Gasteiger partial charge on any atom is 0.271 e. The first-order valence-corrected chi connectivity index (χ1v) is 7.71. The van der Waals surface area contributed by atoms with Crippen molar-refractivity contribution in [1.29, 1.82) is 0 Å². The van der Waals surface area contributed by atoms with Crippen LogP contribution in [0.25, 0.3) is 10.8 Å². The number of pyridine rings is 1. The van der Waals surface area contributed by atoms with E-state index in [9.17, 15) is 19.7 Å². The summed E-state index contributed by atoms with van der Waals surface area (Å²) in [6.45, 7) is -0.295. The highest BCUT2D eigenvalue weighted by Gasteiger charge is 2.10. The van der Waals surface area contributed by atoms with Crippen molar-refractivity contribution in [3.8, 4) is 5.75 Å². The van der Waals surface area contributed by atoms with Crippen molar-refractivity contribution in [1.82, 2.24) is 4.57 Å². The molecule has 0 unspecified atom stereocenters. The number of nitro groups is 1. The van der Waals surface area contributed by atoms with Crippen molar-refractivity contribution in [2.24, 2.45) is 7.05 Å². The van der Waals surface area contributed by atoms with Gasteiger partial charge in [-0.1, -0.05) is 12.1 Å². The topological polar surface area (TPSA) is 103 Å². The van der Waals surface area contributed by atoms with Gasteiger partial charge in [-0.3, -0.25) is 19.7 Å². The summed E-state index contributed by atoms with van der Waals surface area (Å²) in [7, 11) is 1.65. The van der Waals surface area contributed by atoms with Gasteiger partial charge in [0.1, 0.15) is 5.75 Å². The van der Waals surface area contributed by atoms with Gasteiger partial charge in [-0.15, -0.1) is 0 Å². The second-order valence-electron chi connectivity index (χ2n) is 5.59. The van der Waals surface area contributed by atoms with E-state index in [4.69, 9.17) is 4.74 Å². The number of rotatable bonds is 5. The molecule has 0 bridgehead atoms. The lowest BCUT2D eigenvalue weighted by Crippen LogP contribution is -2.20. The van der Waals surface area contributed by atoms with Gasteiger partial charge < -0.3 is 14.6 Å². The molecule has 0 saturated heterocycles. The molecule has 0 saturated carbocycles. The molecule has 0 aliphatic carbocycles. The summed E-state index contributed by atoms with van der Waals surface area (Å²) in [4.78, 5) is 34.4. The molecule has 3 aromatic rings. The summed E-state index contributed by atoms with van der Waals surface area (Å²) in [6, 6.07) is 12.4. The first-order chi connectivity index (χ1) is 12.5. The van der Waals surface area contributed by atoms with Crippen molar-refractivity contribution in [2.45, 2.75) is 0 Å². The number of nitro benzene ring substituents is 1. The predicted molar refractivity (Wildman–Crippen MR) is 96.4 cm³/mol. The molecule has 0 atom stereocenters. The number of amides is 1. The number of non-ortho nitro benzene ring substituents is 1. The normalized spacial score (nSPS) is 10.5. The van der Waals surface area contributed by atoms with Gasteiger partial charge in [0.2, 0.25) is 0 Å². The SMILES string of the molecule is Cn1ccc2c(OCC(=O)Nc3cccc([N+](=O)[O-])c3)cccc2c1=O. The van der Waals surface area contributed by atoms with E-state index in [0.717, 1.165) is 0 Å². The molecule has 1 heterocycles. The van der Waals surface area contributed by atoms with Gasteiger partial charge in [-0.2, -0.15) is 0 Å². The van der Waals surface area contributed by atoms with Crippen molar-refractivity contribution < 1.29 is 14.5 Å². The molecule has 0 radical (unpaired) electrons. The lowest BCUT2D eigenvalue weighted by Gasteiger charge is -2.10. The highest BCUT2D eigenvalue weighted by molar-refractivity contribution is 5.93. The molecule has 1 aromatic heterocycles. The fourth-order valence-electron chi connectivity index (χ4n) is 2.51. The van der Waals surface area contributed by atoms with Crippen molar-refractivity contribution in [3.05, 3.63) is 75.2 Å². The Morgan fingerprint density at radius 1 is 1.19 bits per heavy atom. The zero-order valence-electron chi connectivity index (χ0n) is 13.8. The zero-order chi connectivity index (χ0) is 18.7. The molecule has 8 nitrogen and oxygen atoms in total. The molecule has 1 amide bonds. The van der Waals surface area contributed by atoms with E-state index in [0.29, 0.717) is 22.2 Å². The van der Waals surface area contributed by atoms with Crippen molar-refractivity contribution in [3.63, 3.8) is 0 Å². The average molecular weight is 353 g/mol. The van der Waals surface area contributed by atoms with E-state index in [1.807, 2.05) is 0 Å². The molecule has 26 heavy (non-hydrogen) atoms. The number of carbonyl (C=O) groups excluding carboxylic acids is 1. The number of nitrogens with zero attached hydrogens (tertiary/aromatic N) is 2. The van der Waals surface area contributed by atoms with Crippen LogP contribution in [-0.2, 0) is 11.8 Å². The van der Waals surface area contributed by atoms with Gasteiger partial charge in [-0.05, 0) is 24.3 Å².